The maximum atomic E-state index is 11.2. The minimum absolute atomic E-state index is 0.106. The minimum atomic E-state index is -0.252. The van der Waals surface area contributed by atoms with E-state index in [9.17, 15) is 4.79 Å². The maximum Gasteiger partial charge on any atom is 0.234 e. The Hall–Kier alpha value is -2.54. The molecule has 2 aromatic rings. The largest absolute Gasteiger partial charge is 0.497 e. The number of hydrogen-bond acceptors (Lipinski definition) is 3. The van der Waals surface area contributed by atoms with E-state index in [1.165, 1.54) is 0 Å². The molecule has 0 heterocycles. The Balaban J connectivity index is 2.14. The van der Waals surface area contributed by atoms with Crippen LogP contribution in [0.3, 0.4) is 0 Å². The first kappa shape index (κ1) is 12.9. The van der Waals surface area contributed by atoms with Gasteiger partial charge in [-0.25, -0.2) is 0 Å². The number of carbonyl (C=O) groups is 1. The molecule has 96 valence electrons. The standard InChI is InChI=1S/C15H14N2O2/c1-19-14-5-4-12-8-11(2-3-13(12)9-14)10-17-15(18)6-7-16/h2-5,8-9H,6,10H2,1H3,(H,17,18). The lowest BCUT2D eigenvalue weighted by atomic mass is 10.1. The molecule has 19 heavy (non-hydrogen) atoms. The Morgan fingerprint density at radius 1 is 1.26 bits per heavy atom. The van der Waals surface area contributed by atoms with Gasteiger partial charge in [0.05, 0.1) is 13.2 Å². The van der Waals surface area contributed by atoms with Gasteiger partial charge in [0, 0.05) is 6.54 Å². The minimum Gasteiger partial charge on any atom is -0.497 e. The molecule has 0 unspecified atom stereocenters. The molecule has 2 rings (SSSR count). The lowest BCUT2D eigenvalue weighted by Gasteiger charge is -2.06. The first-order valence-electron chi connectivity index (χ1n) is 5.93. The molecule has 0 aliphatic carbocycles. The molecule has 0 aliphatic heterocycles. The Bertz CT molecular complexity index is 644. The normalized spacial score (nSPS) is 9.89. The molecule has 0 aliphatic rings. The van der Waals surface area contributed by atoms with Gasteiger partial charge in [0.1, 0.15) is 12.2 Å². The number of methoxy groups -OCH3 is 1. The van der Waals surface area contributed by atoms with Crippen molar-refractivity contribution >= 4 is 16.7 Å². The number of benzene rings is 2. The van der Waals surface area contributed by atoms with Gasteiger partial charge in [-0.05, 0) is 34.5 Å². The van der Waals surface area contributed by atoms with Crippen molar-refractivity contribution in [1.82, 2.24) is 5.32 Å². The summed E-state index contributed by atoms with van der Waals surface area (Å²) in [5.74, 6) is 0.569. The molecule has 1 amide bonds. The molecule has 0 saturated carbocycles. The van der Waals surface area contributed by atoms with Gasteiger partial charge in [0.15, 0.2) is 0 Å². The van der Waals surface area contributed by atoms with Crippen molar-refractivity contribution in [3.05, 3.63) is 42.0 Å². The van der Waals surface area contributed by atoms with Crippen LogP contribution in [0.25, 0.3) is 10.8 Å². The number of ether oxygens (including phenoxy) is 1. The summed E-state index contributed by atoms with van der Waals surface area (Å²) in [4.78, 5) is 11.2. The van der Waals surface area contributed by atoms with E-state index in [0.29, 0.717) is 6.54 Å². The quantitative estimate of drug-likeness (QED) is 0.911. The lowest BCUT2D eigenvalue weighted by molar-refractivity contribution is -0.120. The second kappa shape index (κ2) is 5.87. The Kier molecular flexibility index (Phi) is 3.99. The van der Waals surface area contributed by atoms with Crippen LogP contribution >= 0.6 is 0 Å². The molecular weight excluding hydrogens is 240 g/mol. The predicted molar refractivity (Wildman–Crippen MR) is 72.6 cm³/mol. The summed E-state index contributed by atoms with van der Waals surface area (Å²) in [6, 6.07) is 13.6. The molecule has 0 fully saturated rings. The average molecular weight is 254 g/mol. The van der Waals surface area contributed by atoms with E-state index in [1.54, 1.807) is 7.11 Å². The number of nitrogens with one attached hydrogen (secondary N) is 1. The number of nitriles is 1. The van der Waals surface area contributed by atoms with Crippen molar-refractivity contribution in [3.63, 3.8) is 0 Å². The molecule has 1 N–H and O–H groups in total. The maximum absolute atomic E-state index is 11.2. The zero-order chi connectivity index (χ0) is 13.7. The molecule has 4 nitrogen and oxygen atoms in total. The highest BCUT2D eigenvalue weighted by atomic mass is 16.5. The summed E-state index contributed by atoms with van der Waals surface area (Å²) >= 11 is 0. The van der Waals surface area contributed by atoms with Crippen LogP contribution in [-0.4, -0.2) is 13.0 Å². The van der Waals surface area contributed by atoms with Crippen LogP contribution in [0.2, 0.25) is 0 Å². The number of carbonyl (C=O) groups excluding carboxylic acids is 1. The van der Waals surface area contributed by atoms with Crippen LogP contribution in [-0.2, 0) is 11.3 Å². The molecule has 0 radical (unpaired) electrons. The number of amides is 1. The predicted octanol–water partition coefficient (Wildman–Crippen LogP) is 2.38. The third-order valence-corrected chi connectivity index (χ3v) is 2.84. The number of fused-ring (bicyclic) bond motifs is 1. The first-order valence-corrected chi connectivity index (χ1v) is 5.93. The summed E-state index contributed by atoms with van der Waals surface area (Å²) in [5, 5.41) is 13.3. The fourth-order valence-corrected chi connectivity index (χ4v) is 1.85. The monoisotopic (exact) mass is 254 g/mol. The van der Waals surface area contributed by atoms with E-state index in [2.05, 4.69) is 5.32 Å². The topological polar surface area (TPSA) is 62.1 Å². The van der Waals surface area contributed by atoms with Crippen LogP contribution in [0, 0.1) is 11.3 Å². The van der Waals surface area contributed by atoms with E-state index in [-0.39, 0.29) is 12.3 Å². The van der Waals surface area contributed by atoms with E-state index < -0.39 is 0 Å². The van der Waals surface area contributed by atoms with Crippen molar-refractivity contribution in [2.75, 3.05) is 7.11 Å². The van der Waals surface area contributed by atoms with Crippen molar-refractivity contribution < 1.29 is 9.53 Å². The van der Waals surface area contributed by atoms with Crippen LogP contribution in [0.1, 0.15) is 12.0 Å². The number of rotatable bonds is 4. The van der Waals surface area contributed by atoms with Crippen LogP contribution in [0.15, 0.2) is 36.4 Å². The lowest BCUT2D eigenvalue weighted by Crippen LogP contribution is -2.21. The summed E-state index contributed by atoms with van der Waals surface area (Å²) in [7, 11) is 1.64. The number of nitrogens with zero attached hydrogens (tertiary/aromatic N) is 1. The fourth-order valence-electron chi connectivity index (χ4n) is 1.85. The third-order valence-electron chi connectivity index (χ3n) is 2.84. The molecular formula is C15H14N2O2. The van der Waals surface area contributed by atoms with Crippen LogP contribution in [0.4, 0.5) is 0 Å². The van der Waals surface area contributed by atoms with Crippen LogP contribution < -0.4 is 10.1 Å². The fraction of sp³-hybridized carbons (Fsp3) is 0.200. The highest BCUT2D eigenvalue weighted by molar-refractivity contribution is 5.84. The van der Waals surface area contributed by atoms with E-state index in [4.69, 9.17) is 10.00 Å². The van der Waals surface area contributed by atoms with Gasteiger partial charge in [-0.2, -0.15) is 5.26 Å². The van der Waals surface area contributed by atoms with Crippen molar-refractivity contribution in [2.45, 2.75) is 13.0 Å². The molecule has 0 spiro atoms. The van der Waals surface area contributed by atoms with Crippen LogP contribution in [0.5, 0.6) is 5.75 Å². The molecule has 0 saturated heterocycles. The second-order valence-corrected chi connectivity index (χ2v) is 4.16. The van der Waals surface area contributed by atoms with E-state index >= 15 is 0 Å². The van der Waals surface area contributed by atoms with E-state index in [0.717, 1.165) is 22.1 Å². The van der Waals surface area contributed by atoms with Gasteiger partial charge >= 0.3 is 0 Å². The van der Waals surface area contributed by atoms with E-state index in [1.807, 2.05) is 42.5 Å². The zero-order valence-electron chi connectivity index (χ0n) is 10.6. The van der Waals surface area contributed by atoms with Gasteiger partial charge in [-0.1, -0.05) is 18.2 Å². The first-order chi connectivity index (χ1) is 9.22. The Labute approximate surface area is 111 Å². The highest BCUT2D eigenvalue weighted by Gasteiger charge is 2.02. The summed E-state index contributed by atoms with van der Waals surface area (Å²) in [6.45, 7) is 0.433. The van der Waals surface area contributed by atoms with Gasteiger partial charge in [-0.3, -0.25) is 4.79 Å². The third kappa shape index (κ3) is 3.23. The molecule has 0 bridgehead atoms. The molecule has 0 aromatic heterocycles. The molecule has 4 heteroatoms. The van der Waals surface area contributed by atoms with Gasteiger partial charge in [0.2, 0.25) is 5.91 Å². The second-order valence-electron chi connectivity index (χ2n) is 4.16. The zero-order valence-corrected chi connectivity index (χ0v) is 10.6. The summed E-state index contributed by atoms with van der Waals surface area (Å²) in [6.07, 6.45) is -0.106. The molecule has 2 aromatic carbocycles. The number of hydrogen-bond donors (Lipinski definition) is 1. The van der Waals surface area contributed by atoms with Crippen molar-refractivity contribution in [3.8, 4) is 11.8 Å². The van der Waals surface area contributed by atoms with Gasteiger partial charge in [-0.15, -0.1) is 0 Å². The Morgan fingerprint density at radius 2 is 2.00 bits per heavy atom. The average Bonchev–Trinajstić information content (AvgIpc) is 2.44. The summed E-state index contributed by atoms with van der Waals surface area (Å²) < 4.78 is 5.17. The van der Waals surface area contributed by atoms with Gasteiger partial charge < -0.3 is 10.1 Å². The highest BCUT2D eigenvalue weighted by Crippen LogP contribution is 2.21. The van der Waals surface area contributed by atoms with Crippen molar-refractivity contribution in [2.24, 2.45) is 0 Å². The SMILES string of the molecule is COc1ccc2cc(CNC(=O)CC#N)ccc2c1. The summed E-state index contributed by atoms with van der Waals surface area (Å²) in [5.41, 5.74) is 1.00. The smallest absolute Gasteiger partial charge is 0.234 e. The Morgan fingerprint density at radius 3 is 2.74 bits per heavy atom. The van der Waals surface area contributed by atoms with Crippen molar-refractivity contribution in [1.29, 1.82) is 5.26 Å². The van der Waals surface area contributed by atoms with Gasteiger partial charge in [0.25, 0.3) is 0 Å². The molecule has 0 atom stereocenters.